The molecule has 0 bridgehead atoms. The first-order valence-corrected chi connectivity index (χ1v) is 6.92. The van der Waals surface area contributed by atoms with Crippen LogP contribution in [0.15, 0.2) is 6.07 Å². The van der Waals surface area contributed by atoms with E-state index in [1.807, 2.05) is 20.9 Å². The number of aryl methyl sites for hydroxylation is 3. The highest BCUT2D eigenvalue weighted by Crippen LogP contribution is 2.23. The number of nitrogens with one attached hydrogen (secondary N) is 1. The van der Waals surface area contributed by atoms with Gasteiger partial charge in [-0.2, -0.15) is 5.10 Å². The molecule has 5 nitrogen and oxygen atoms in total. The number of aromatic nitrogens is 4. The smallest absolute Gasteiger partial charge is 0.0772 e. The van der Waals surface area contributed by atoms with E-state index in [9.17, 15) is 0 Å². The highest BCUT2D eigenvalue weighted by Gasteiger charge is 2.18. The first-order chi connectivity index (χ1) is 8.65. The molecule has 0 aliphatic heterocycles. The fraction of sp³-hybridized carbons (Fsp3) is 0.583. The Labute approximate surface area is 111 Å². The summed E-state index contributed by atoms with van der Waals surface area (Å²) < 4.78 is 6.07. The van der Waals surface area contributed by atoms with Gasteiger partial charge in [-0.15, -0.1) is 5.10 Å². The fourth-order valence-corrected chi connectivity index (χ4v) is 2.88. The van der Waals surface area contributed by atoms with Crippen LogP contribution in [0.25, 0.3) is 0 Å². The predicted octanol–water partition coefficient (Wildman–Crippen LogP) is 1.87. The van der Waals surface area contributed by atoms with Crippen LogP contribution in [-0.4, -0.2) is 26.4 Å². The summed E-state index contributed by atoms with van der Waals surface area (Å²) in [6.07, 6.45) is 0.913. The van der Waals surface area contributed by atoms with Crippen LogP contribution in [0.3, 0.4) is 0 Å². The lowest BCUT2D eigenvalue weighted by atomic mass is 10.1. The van der Waals surface area contributed by atoms with Crippen LogP contribution in [0.2, 0.25) is 0 Å². The van der Waals surface area contributed by atoms with Crippen molar-refractivity contribution >= 4 is 11.5 Å². The molecule has 18 heavy (non-hydrogen) atoms. The Morgan fingerprint density at radius 2 is 2.22 bits per heavy atom. The zero-order valence-corrected chi connectivity index (χ0v) is 12.1. The molecule has 0 amide bonds. The van der Waals surface area contributed by atoms with Crippen molar-refractivity contribution in [1.82, 2.24) is 24.7 Å². The molecule has 0 aliphatic carbocycles. The summed E-state index contributed by atoms with van der Waals surface area (Å²) in [5.74, 6) is 0. The topological polar surface area (TPSA) is 55.6 Å². The maximum Gasteiger partial charge on any atom is 0.0772 e. The molecule has 2 aromatic rings. The average Bonchev–Trinajstić information content (AvgIpc) is 2.92. The van der Waals surface area contributed by atoms with Crippen molar-refractivity contribution in [2.45, 2.75) is 39.8 Å². The monoisotopic (exact) mass is 265 g/mol. The third-order valence-electron chi connectivity index (χ3n) is 3.05. The Kier molecular flexibility index (Phi) is 4.08. The largest absolute Gasteiger partial charge is 0.312 e. The minimum absolute atomic E-state index is 0.256. The average molecular weight is 265 g/mol. The van der Waals surface area contributed by atoms with Crippen molar-refractivity contribution in [2.75, 3.05) is 7.05 Å². The molecular formula is C12H19N5S. The molecule has 6 heteroatoms. The van der Waals surface area contributed by atoms with Gasteiger partial charge in [0, 0.05) is 18.7 Å². The van der Waals surface area contributed by atoms with Crippen LogP contribution < -0.4 is 5.32 Å². The summed E-state index contributed by atoms with van der Waals surface area (Å²) in [6, 6.07) is 2.41. The van der Waals surface area contributed by atoms with Gasteiger partial charge in [0.1, 0.15) is 0 Å². The quantitative estimate of drug-likeness (QED) is 0.896. The Balaban J connectivity index is 2.23. The van der Waals surface area contributed by atoms with Crippen LogP contribution in [0.4, 0.5) is 0 Å². The third kappa shape index (κ3) is 2.59. The van der Waals surface area contributed by atoms with E-state index in [-0.39, 0.29) is 6.04 Å². The lowest BCUT2D eigenvalue weighted by Gasteiger charge is -2.15. The van der Waals surface area contributed by atoms with Gasteiger partial charge in [0.15, 0.2) is 0 Å². The molecule has 0 spiro atoms. The lowest BCUT2D eigenvalue weighted by Crippen LogP contribution is -2.20. The minimum Gasteiger partial charge on any atom is -0.312 e. The normalized spacial score (nSPS) is 12.9. The first kappa shape index (κ1) is 13.2. The summed E-state index contributed by atoms with van der Waals surface area (Å²) in [4.78, 5) is 1.21. The minimum atomic E-state index is 0.256. The summed E-state index contributed by atoms with van der Waals surface area (Å²) in [7, 11) is 1.98. The number of rotatable bonds is 5. The zero-order valence-electron chi connectivity index (χ0n) is 11.3. The van der Waals surface area contributed by atoms with Crippen LogP contribution in [-0.2, 0) is 13.0 Å². The second-order valence-corrected chi connectivity index (χ2v) is 5.15. The first-order valence-electron chi connectivity index (χ1n) is 6.15. The Hall–Kier alpha value is -1.27. The number of hydrogen-bond acceptors (Lipinski definition) is 5. The molecule has 98 valence electrons. The molecule has 2 heterocycles. The third-order valence-corrected chi connectivity index (χ3v) is 3.99. The van der Waals surface area contributed by atoms with Gasteiger partial charge in [0.05, 0.1) is 22.3 Å². The standard InChI is InChI=1S/C12H19N5S/c1-5-17-10(6-8(2)15-17)7-11(13-4)12-9(3)14-16-18-12/h6,11,13H,5,7H2,1-4H3. The lowest BCUT2D eigenvalue weighted by molar-refractivity contribution is 0.544. The summed E-state index contributed by atoms with van der Waals surface area (Å²) in [6.45, 7) is 7.05. The van der Waals surface area contributed by atoms with E-state index >= 15 is 0 Å². The van der Waals surface area contributed by atoms with Crippen LogP contribution in [0.1, 0.15) is 34.9 Å². The van der Waals surface area contributed by atoms with Gasteiger partial charge < -0.3 is 5.32 Å². The maximum atomic E-state index is 4.48. The molecule has 1 N–H and O–H groups in total. The molecule has 0 radical (unpaired) electrons. The number of hydrogen-bond donors (Lipinski definition) is 1. The molecular weight excluding hydrogens is 246 g/mol. The summed E-state index contributed by atoms with van der Waals surface area (Å²) in [5, 5.41) is 11.9. The summed E-state index contributed by atoms with van der Waals surface area (Å²) >= 11 is 1.47. The molecule has 0 aromatic carbocycles. The van der Waals surface area contributed by atoms with E-state index in [2.05, 4.69) is 37.7 Å². The molecule has 2 rings (SSSR count). The van der Waals surface area contributed by atoms with Gasteiger partial charge in [-0.1, -0.05) is 4.49 Å². The summed E-state index contributed by atoms with van der Waals surface area (Å²) in [5.41, 5.74) is 3.33. The Morgan fingerprint density at radius 3 is 2.78 bits per heavy atom. The second-order valence-electron chi connectivity index (χ2n) is 4.36. The van der Waals surface area contributed by atoms with E-state index in [0.717, 1.165) is 24.4 Å². The highest BCUT2D eigenvalue weighted by atomic mass is 32.1. The van der Waals surface area contributed by atoms with Crippen molar-refractivity contribution in [2.24, 2.45) is 0 Å². The Morgan fingerprint density at radius 1 is 1.44 bits per heavy atom. The van der Waals surface area contributed by atoms with Gasteiger partial charge >= 0.3 is 0 Å². The molecule has 0 saturated heterocycles. The maximum absolute atomic E-state index is 4.48. The van der Waals surface area contributed by atoms with Crippen molar-refractivity contribution in [3.8, 4) is 0 Å². The van der Waals surface area contributed by atoms with Crippen molar-refractivity contribution in [3.05, 3.63) is 28.0 Å². The Bertz CT molecular complexity index is 516. The molecule has 0 aliphatic rings. The van der Waals surface area contributed by atoms with Crippen LogP contribution in [0, 0.1) is 13.8 Å². The van der Waals surface area contributed by atoms with Gasteiger partial charge in [-0.3, -0.25) is 4.68 Å². The van der Waals surface area contributed by atoms with E-state index in [0.29, 0.717) is 0 Å². The van der Waals surface area contributed by atoms with Crippen molar-refractivity contribution in [3.63, 3.8) is 0 Å². The molecule has 1 unspecified atom stereocenters. The molecule has 2 aromatic heterocycles. The van der Waals surface area contributed by atoms with Crippen LogP contribution >= 0.6 is 11.5 Å². The molecule has 1 atom stereocenters. The van der Waals surface area contributed by atoms with Gasteiger partial charge in [0.25, 0.3) is 0 Å². The van der Waals surface area contributed by atoms with Gasteiger partial charge in [-0.05, 0) is 45.4 Å². The van der Waals surface area contributed by atoms with E-state index in [1.165, 1.54) is 22.1 Å². The molecule has 0 fully saturated rings. The van der Waals surface area contributed by atoms with E-state index < -0.39 is 0 Å². The van der Waals surface area contributed by atoms with E-state index in [4.69, 9.17) is 0 Å². The fourth-order valence-electron chi connectivity index (χ4n) is 2.13. The second kappa shape index (κ2) is 5.58. The SMILES string of the molecule is CCn1nc(C)cc1CC(NC)c1snnc1C. The zero-order chi connectivity index (χ0) is 13.1. The molecule has 0 saturated carbocycles. The van der Waals surface area contributed by atoms with Crippen LogP contribution in [0.5, 0.6) is 0 Å². The highest BCUT2D eigenvalue weighted by molar-refractivity contribution is 7.05. The number of likely N-dealkylation sites (N-methyl/N-ethyl adjacent to an activating group) is 1. The number of nitrogens with zero attached hydrogens (tertiary/aromatic N) is 4. The van der Waals surface area contributed by atoms with Crippen molar-refractivity contribution < 1.29 is 0 Å². The van der Waals surface area contributed by atoms with Crippen molar-refractivity contribution in [1.29, 1.82) is 0 Å². The van der Waals surface area contributed by atoms with Gasteiger partial charge in [-0.25, -0.2) is 0 Å². The predicted molar refractivity (Wildman–Crippen MR) is 72.8 cm³/mol. The van der Waals surface area contributed by atoms with Gasteiger partial charge in [0.2, 0.25) is 0 Å². The van der Waals surface area contributed by atoms with E-state index in [1.54, 1.807) is 0 Å².